The van der Waals surface area contributed by atoms with Gasteiger partial charge in [0.15, 0.2) is 0 Å². The van der Waals surface area contributed by atoms with Crippen molar-refractivity contribution in [1.82, 2.24) is 0 Å². The molecule has 7 aromatic rings. The van der Waals surface area contributed by atoms with Crippen molar-refractivity contribution in [2.75, 3.05) is 0 Å². The zero-order chi connectivity index (χ0) is 32.3. The van der Waals surface area contributed by atoms with Crippen molar-refractivity contribution in [2.24, 2.45) is 0 Å². The molecule has 0 radical (unpaired) electrons. The van der Waals surface area contributed by atoms with Crippen LogP contribution in [0.2, 0.25) is 0 Å². The summed E-state index contributed by atoms with van der Waals surface area (Å²) in [6.45, 7) is 0. The monoisotopic (exact) mass is 792 g/mol. The van der Waals surface area contributed by atoms with Crippen LogP contribution in [0.15, 0.2) is 194 Å². The molecule has 0 spiro atoms. The van der Waals surface area contributed by atoms with Gasteiger partial charge in [-0.15, -0.1) is 0 Å². The first-order chi connectivity index (χ1) is 22.9. The van der Waals surface area contributed by atoms with E-state index in [1.54, 1.807) is 0 Å². The van der Waals surface area contributed by atoms with Gasteiger partial charge in [0.1, 0.15) is 0 Å². The number of hydrogen-bond donors (Lipinski definition) is 0. The topological polar surface area (TPSA) is 0 Å². The van der Waals surface area contributed by atoms with E-state index in [0.29, 0.717) is 0 Å². The summed E-state index contributed by atoms with van der Waals surface area (Å²) >= 11 is 11.3. The molecule has 47 heavy (non-hydrogen) atoms. The van der Waals surface area contributed by atoms with Gasteiger partial charge in [-0.1, -0.05) is 0 Å². The fourth-order valence-electron chi connectivity index (χ4n) is 7.05. The molecule has 0 unspecified atom stereocenters. The molecule has 7 rings (SSSR count). The third-order valence-corrected chi connectivity index (χ3v) is 29.9. The Morgan fingerprint density at radius 2 is 0.489 bits per heavy atom. The Labute approximate surface area is 298 Å². The first-order valence-electron chi connectivity index (χ1n) is 15.8. The Morgan fingerprint density at radius 3 is 0.681 bits per heavy atom. The first kappa shape index (κ1) is 32.4. The van der Waals surface area contributed by atoms with Crippen LogP contribution in [0.25, 0.3) is 0 Å². The number of thiophene rings is 1. The second-order valence-electron chi connectivity index (χ2n) is 12.1. The molecule has 0 aliphatic rings. The molecular weight excluding hydrogens is 758 g/mol. The van der Waals surface area contributed by atoms with E-state index >= 15 is 0 Å². The summed E-state index contributed by atoms with van der Waals surface area (Å²) in [5.74, 6) is 0. The molecule has 0 amide bonds. The molecule has 0 aliphatic heterocycles. The van der Waals surface area contributed by atoms with E-state index in [0.717, 1.165) is 12.3 Å². The summed E-state index contributed by atoms with van der Waals surface area (Å²) in [5.41, 5.74) is 0. The number of halogens is 2. The normalized spacial score (nSPS) is 13.6. The van der Waals surface area contributed by atoms with Crippen LogP contribution in [0, 0.1) is 0 Å². The molecule has 5 heteroatoms. The third-order valence-electron chi connectivity index (χ3n) is 9.39. The molecular formula is C42H36Br2P2S. The van der Waals surface area contributed by atoms with Crippen LogP contribution in [0.4, 0.5) is 0 Å². The number of hydrogen-bond acceptors (Lipinski definition) is 1. The van der Waals surface area contributed by atoms with Crippen LogP contribution < -0.4 is 31.8 Å². The van der Waals surface area contributed by atoms with Crippen LogP contribution in [-0.4, -0.2) is 0 Å². The summed E-state index contributed by atoms with van der Waals surface area (Å²) in [4.78, 5) is 2.75. The second kappa shape index (κ2) is 13.0. The van der Waals surface area contributed by atoms with Crippen LogP contribution in [0.5, 0.6) is 0 Å². The van der Waals surface area contributed by atoms with E-state index < -0.39 is 10.6 Å². The van der Waals surface area contributed by atoms with Crippen molar-refractivity contribution < 1.29 is 0 Å². The van der Waals surface area contributed by atoms with Crippen molar-refractivity contribution in [3.63, 3.8) is 0 Å². The maximum atomic E-state index is 4.68. The van der Waals surface area contributed by atoms with Gasteiger partial charge in [0, 0.05) is 0 Å². The van der Waals surface area contributed by atoms with Gasteiger partial charge in [0.25, 0.3) is 0 Å². The van der Waals surface area contributed by atoms with Crippen molar-refractivity contribution in [1.29, 1.82) is 0 Å². The van der Waals surface area contributed by atoms with E-state index in [2.05, 4.69) is 225 Å². The predicted molar refractivity (Wildman–Crippen MR) is 220 cm³/mol. The van der Waals surface area contributed by atoms with Crippen molar-refractivity contribution in [3.05, 3.63) is 204 Å². The zero-order valence-corrected chi connectivity index (χ0v) is 31.7. The standard InChI is InChI=1S/C42H36Br2P2S/c43-45(35-19-7-1-8-20-35,36-21-9-2-10-22-36,37-23-11-3-12-24-37)33-41-31-32-42(47-41)34-46(44,38-25-13-4-14-26-38,39-27-15-5-16-28-39)40-29-17-6-18-30-40/h1-32H,33-34H2. The van der Waals surface area contributed by atoms with Gasteiger partial charge in [0.05, 0.1) is 0 Å². The second-order valence-corrected chi connectivity index (χ2v) is 31.2. The van der Waals surface area contributed by atoms with Crippen LogP contribution >= 0.6 is 52.9 Å². The van der Waals surface area contributed by atoms with Gasteiger partial charge in [-0.3, -0.25) is 0 Å². The third kappa shape index (κ3) is 5.51. The van der Waals surface area contributed by atoms with E-state index in [-0.39, 0.29) is 0 Å². The molecule has 0 atom stereocenters. The van der Waals surface area contributed by atoms with E-state index in [1.165, 1.54) is 41.6 Å². The van der Waals surface area contributed by atoms with Gasteiger partial charge >= 0.3 is 301 Å². The van der Waals surface area contributed by atoms with Gasteiger partial charge in [-0.05, 0) is 0 Å². The predicted octanol–water partition coefficient (Wildman–Crippen LogP) is 10.4. The van der Waals surface area contributed by atoms with E-state index in [9.17, 15) is 0 Å². The summed E-state index contributed by atoms with van der Waals surface area (Å²) in [5, 5.41) is 1.77. The van der Waals surface area contributed by atoms with Gasteiger partial charge in [-0.2, -0.15) is 0 Å². The van der Waals surface area contributed by atoms with Gasteiger partial charge < -0.3 is 0 Å². The minimum atomic E-state index is -3.12. The van der Waals surface area contributed by atoms with Gasteiger partial charge in [0.2, 0.25) is 0 Å². The van der Waals surface area contributed by atoms with Crippen LogP contribution in [0.3, 0.4) is 0 Å². The van der Waals surface area contributed by atoms with Crippen molar-refractivity contribution >= 4 is 84.8 Å². The molecule has 0 nitrogen and oxygen atoms in total. The average Bonchev–Trinajstić information content (AvgIpc) is 3.59. The van der Waals surface area contributed by atoms with Crippen molar-refractivity contribution in [3.8, 4) is 0 Å². The molecule has 6 aromatic carbocycles. The summed E-state index contributed by atoms with van der Waals surface area (Å²) < 4.78 is 0. The molecule has 1 heterocycles. The quantitative estimate of drug-likeness (QED) is 0.121. The zero-order valence-electron chi connectivity index (χ0n) is 25.9. The van der Waals surface area contributed by atoms with E-state index in [4.69, 9.17) is 0 Å². The minimum absolute atomic E-state index is 0.883. The molecule has 0 saturated carbocycles. The van der Waals surface area contributed by atoms with E-state index in [1.807, 2.05) is 11.3 Å². The summed E-state index contributed by atoms with van der Waals surface area (Å²) in [7, 11) is 0. The Kier molecular flexibility index (Phi) is 8.99. The Balaban J connectivity index is 1.42. The summed E-state index contributed by atoms with van der Waals surface area (Å²) in [6.07, 6.45) is 1.77. The van der Waals surface area contributed by atoms with Crippen LogP contribution in [0.1, 0.15) is 9.75 Å². The molecule has 234 valence electrons. The maximum absolute atomic E-state index is 4.68. The fraction of sp³-hybridized carbons (Fsp3) is 0.0476. The molecule has 1 aromatic heterocycles. The molecule has 0 N–H and O–H groups in total. The molecule has 0 fully saturated rings. The SMILES string of the molecule is BrP(Cc1ccc(CP(Br)(c2ccccc2)(c2ccccc2)c2ccccc2)s1)(c1ccccc1)(c1ccccc1)c1ccccc1. The summed E-state index contributed by atoms with van der Waals surface area (Å²) in [6, 6.07) is 71.4. The molecule has 0 aliphatic carbocycles. The van der Waals surface area contributed by atoms with Crippen LogP contribution in [-0.2, 0) is 12.3 Å². The fourth-order valence-corrected chi connectivity index (χ4v) is 25.6. The Hall–Kier alpha value is -3.16. The van der Waals surface area contributed by atoms with Crippen molar-refractivity contribution in [2.45, 2.75) is 12.3 Å². The Bertz CT molecular complexity index is 1720. The number of benzene rings is 6. The first-order valence-corrected chi connectivity index (χ1v) is 25.5. The molecule has 0 saturated heterocycles. The molecule has 0 bridgehead atoms. The Morgan fingerprint density at radius 1 is 0.298 bits per heavy atom. The average molecular weight is 795 g/mol. The number of rotatable bonds is 10. The van der Waals surface area contributed by atoms with Gasteiger partial charge in [-0.25, -0.2) is 0 Å².